The monoisotopic (exact) mass is 257 g/mol. The number of thiazole rings is 1. The van der Waals surface area contributed by atoms with E-state index in [0.717, 1.165) is 0 Å². The van der Waals surface area contributed by atoms with Crippen LogP contribution in [-0.4, -0.2) is 34.1 Å². The van der Waals surface area contributed by atoms with Crippen LogP contribution in [0.3, 0.4) is 0 Å². The summed E-state index contributed by atoms with van der Waals surface area (Å²) in [6.45, 7) is 4.61. The molecule has 94 valence electrons. The van der Waals surface area contributed by atoms with Gasteiger partial charge in [-0.25, -0.2) is 4.98 Å². The number of hydrogen-bond donors (Lipinski definition) is 3. The molecule has 1 rings (SSSR count). The predicted molar refractivity (Wildman–Crippen MR) is 65.0 cm³/mol. The molecule has 1 aromatic heterocycles. The largest absolute Gasteiger partial charge is 0.394 e. The van der Waals surface area contributed by atoms with Crippen LogP contribution in [0.4, 0.5) is 5.13 Å². The molecule has 0 unspecified atom stereocenters. The summed E-state index contributed by atoms with van der Waals surface area (Å²) in [5.41, 5.74) is -0.477. The van der Waals surface area contributed by atoms with Gasteiger partial charge < -0.3 is 15.7 Å². The fourth-order valence-electron chi connectivity index (χ4n) is 0.997. The first-order valence-electron chi connectivity index (χ1n) is 5.00. The van der Waals surface area contributed by atoms with Crippen LogP contribution in [0.5, 0.6) is 0 Å². The van der Waals surface area contributed by atoms with Crippen LogP contribution in [0.15, 0.2) is 5.38 Å². The van der Waals surface area contributed by atoms with Gasteiger partial charge in [-0.15, -0.1) is 11.3 Å². The fourth-order valence-corrected chi connectivity index (χ4v) is 1.73. The van der Waals surface area contributed by atoms with Crippen molar-refractivity contribution in [2.75, 3.05) is 11.9 Å². The average molecular weight is 257 g/mol. The van der Waals surface area contributed by atoms with E-state index in [9.17, 15) is 9.59 Å². The van der Waals surface area contributed by atoms with Crippen molar-refractivity contribution in [3.8, 4) is 0 Å². The molecule has 6 nitrogen and oxygen atoms in total. The SMILES string of the molecule is CC(=O)Nc1nc(C(=O)NC(C)(C)CO)cs1. The molecule has 7 heteroatoms. The number of nitrogens with one attached hydrogen (secondary N) is 2. The maximum Gasteiger partial charge on any atom is 0.271 e. The lowest BCUT2D eigenvalue weighted by molar-refractivity contribution is -0.114. The number of carbonyl (C=O) groups is 2. The second kappa shape index (κ2) is 5.24. The zero-order valence-electron chi connectivity index (χ0n) is 9.90. The molecule has 0 bridgehead atoms. The Balaban J connectivity index is 2.70. The Morgan fingerprint density at radius 1 is 1.53 bits per heavy atom. The van der Waals surface area contributed by atoms with E-state index in [1.807, 2.05) is 0 Å². The molecule has 0 saturated heterocycles. The van der Waals surface area contributed by atoms with E-state index in [1.165, 1.54) is 18.3 Å². The molecular weight excluding hydrogens is 242 g/mol. The second-order valence-electron chi connectivity index (χ2n) is 4.22. The lowest BCUT2D eigenvalue weighted by Gasteiger charge is -2.22. The van der Waals surface area contributed by atoms with Crippen molar-refractivity contribution in [3.63, 3.8) is 0 Å². The van der Waals surface area contributed by atoms with E-state index in [1.54, 1.807) is 19.2 Å². The van der Waals surface area contributed by atoms with Crippen molar-refractivity contribution in [2.45, 2.75) is 26.3 Å². The van der Waals surface area contributed by atoms with Crippen molar-refractivity contribution in [2.24, 2.45) is 0 Å². The van der Waals surface area contributed by atoms with E-state index in [4.69, 9.17) is 5.11 Å². The van der Waals surface area contributed by atoms with Crippen LogP contribution < -0.4 is 10.6 Å². The smallest absolute Gasteiger partial charge is 0.271 e. The van der Waals surface area contributed by atoms with E-state index in [2.05, 4.69) is 15.6 Å². The minimum absolute atomic E-state index is 0.165. The first-order valence-corrected chi connectivity index (χ1v) is 5.88. The normalized spacial score (nSPS) is 11.1. The summed E-state index contributed by atoms with van der Waals surface area (Å²) < 4.78 is 0. The highest BCUT2D eigenvalue weighted by atomic mass is 32.1. The maximum absolute atomic E-state index is 11.7. The maximum atomic E-state index is 11.7. The summed E-state index contributed by atoms with van der Waals surface area (Å²) in [6.07, 6.45) is 0. The molecule has 2 amide bonds. The molecule has 0 aliphatic carbocycles. The van der Waals surface area contributed by atoms with Gasteiger partial charge in [0.2, 0.25) is 5.91 Å². The van der Waals surface area contributed by atoms with Gasteiger partial charge in [-0.3, -0.25) is 9.59 Å². The Bertz CT molecular complexity index is 428. The molecule has 0 radical (unpaired) electrons. The van der Waals surface area contributed by atoms with Crippen LogP contribution >= 0.6 is 11.3 Å². The minimum atomic E-state index is -0.700. The highest BCUT2D eigenvalue weighted by Crippen LogP contribution is 2.15. The number of hydrogen-bond acceptors (Lipinski definition) is 5. The summed E-state index contributed by atoms with van der Waals surface area (Å²) in [6, 6.07) is 0. The van der Waals surface area contributed by atoms with Gasteiger partial charge in [0.1, 0.15) is 5.69 Å². The first kappa shape index (κ1) is 13.6. The van der Waals surface area contributed by atoms with Gasteiger partial charge in [0.15, 0.2) is 5.13 Å². The van der Waals surface area contributed by atoms with Crippen LogP contribution in [0.25, 0.3) is 0 Å². The van der Waals surface area contributed by atoms with Crippen LogP contribution in [0.2, 0.25) is 0 Å². The number of aliphatic hydroxyl groups is 1. The Morgan fingerprint density at radius 3 is 2.71 bits per heavy atom. The topological polar surface area (TPSA) is 91.3 Å². The lowest BCUT2D eigenvalue weighted by atomic mass is 10.1. The standard InChI is InChI=1S/C10H15N3O3S/c1-6(15)11-9-12-7(4-17-9)8(16)13-10(2,3)5-14/h4,14H,5H2,1-3H3,(H,13,16)(H,11,12,15). The highest BCUT2D eigenvalue weighted by molar-refractivity contribution is 7.14. The van der Waals surface area contributed by atoms with E-state index in [0.29, 0.717) is 5.13 Å². The molecular formula is C10H15N3O3S. The van der Waals surface area contributed by atoms with Crippen LogP contribution in [0, 0.1) is 0 Å². The minimum Gasteiger partial charge on any atom is -0.394 e. The quantitative estimate of drug-likeness (QED) is 0.736. The van der Waals surface area contributed by atoms with Gasteiger partial charge in [-0.2, -0.15) is 0 Å². The summed E-state index contributed by atoms with van der Waals surface area (Å²) in [7, 11) is 0. The number of rotatable bonds is 4. The van der Waals surface area contributed by atoms with E-state index in [-0.39, 0.29) is 24.1 Å². The third kappa shape index (κ3) is 4.12. The summed E-state index contributed by atoms with van der Waals surface area (Å²) in [4.78, 5) is 26.5. The molecule has 0 aromatic carbocycles. The molecule has 1 heterocycles. The molecule has 17 heavy (non-hydrogen) atoms. The van der Waals surface area contributed by atoms with Crippen LogP contribution in [0.1, 0.15) is 31.3 Å². The van der Waals surface area contributed by atoms with Crippen LogP contribution in [-0.2, 0) is 4.79 Å². The van der Waals surface area contributed by atoms with Gasteiger partial charge in [0, 0.05) is 12.3 Å². The van der Waals surface area contributed by atoms with E-state index >= 15 is 0 Å². The zero-order valence-corrected chi connectivity index (χ0v) is 10.7. The molecule has 1 aromatic rings. The van der Waals surface area contributed by atoms with Gasteiger partial charge in [0.05, 0.1) is 12.1 Å². The fraction of sp³-hybridized carbons (Fsp3) is 0.500. The van der Waals surface area contributed by atoms with Gasteiger partial charge in [-0.1, -0.05) is 0 Å². The second-order valence-corrected chi connectivity index (χ2v) is 5.07. The van der Waals surface area contributed by atoms with Crippen molar-refractivity contribution in [1.29, 1.82) is 0 Å². The molecule has 3 N–H and O–H groups in total. The number of anilines is 1. The summed E-state index contributed by atoms with van der Waals surface area (Å²) in [5.74, 6) is -0.612. The Labute approximate surface area is 103 Å². The summed E-state index contributed by atoms with van der Waals surface area (Å²) >= 11 is 1.17. The van der Waals surface area contributed by atoms with Crippen molar-refractivity contribution in [3.05, 3.63) is 11.1 Å². The summed E-state index contributed by atoms with van der Waals surface area (Å²) in [5, 5.41) is 16.1. The molecule has 0 aliphatic heterocycles. The number of nitrogens with zero attached hydrogens (tertiary/aromatic N) is 1. The molecule has 0 spiro atoms. The van der Waals surface area contributed by atoms with Crippen molar-refractivity contribution < 1.29 is 14.7 Å². The number of aliphatic hydroxyl groups excluding tert-OH is 1. The molecule has 0 saturated carbocycles. The van der Waals surface area contributed by atoms with Crippen molar-refractivity contribution in [1.82, 2.24) is 10.3 Å². The molecule has 0 atom stereocenters. The van der Waals surface area contributed by atoms with Gasteiger partial charge >= 0.3 is 0 Å². The Morgan fingerprint density at radius 2 is 2.18 bits per heavy atom. The Kier molecular flexibility index (Phi) is 4.19. The van der Waals surface area contributed by atoms with Gasteiger partial charge in [-0.05, 0) is 13.8 Å². The zero-order chi connectivity index (χ0) is 13.1. The third-order valence-corrected chi connectivity index (χ3v) is 2.62. The van der Waals surface area contributed by atoms with Crippen molar-refractivity contribution >= 4 is 28.3 Å². The number of carbonyl (C=O) groups excluding carboxylic acids is 2. The molecule has 0 aliphatic rings. The van der Waals surface area contributed by atoms with Gasteiger partial charge in [0.25, 0.3) is 5.91 Å². The first-order chi connectivity index (χ1) is 7.84. The highest BCUT2D eigenvalue weighted by Gasteiger charge is 2.21. The number of amides is 2. The lowest BCUT2D eigenvalue weighted by Crippen LogP contribution is -2.46. The third-order valence-electron chi connectivity index (χ3n) is 1.87. The molecule has 0 fully saturated rings. The van der Waals surface area contributed by atoms with E-state index < -0.39 is 5.54 Å². The average Bonchev–Trinajstić information content (AvgIpc) is 2.64. The number of aromatic nitrogens is 1. The Hall–Kier alpha value is -1.47. The predicted octanol–water partition coefficient (Wildman–Crippen LogP) is 0.602.